The van der Waals surface area contributed by atoms with Gasteiger partial charge < -0.3 is 14.4 Å². The number of ether oxygens (including phenoxy) is 2. The molecule has 0 aliphatic carbocycles. The molecule has 0 atom stereocenters. The molecule has 120 valence electrons. The van der Waals surface area contributed by atoms with Gasteiger partial charge in [0.05, 0.1) is 0 Å². The van der Waals surface area contributed by atoms with Crippen LogP contribution in [0.25, 0.3) is 0 Å². The summed E-state index contributed by atoms with van der Waals surface area (Å²) in [6, 6.07) is 14.7. The predicted octanol–water partition coefficient (Wildman–Crippen LogP) is 3.50. The standard InChI is InChI=1S/C18H19BrN2O2/c19-16-11-18-17(22-13-23-18)10-14(16)12-20-6-8-21(9-7-20)15-4-2-1-3-5-15/h1-5,10-11H,6-9,12-13H2. The summed E-state index contributed by atoms with van der Waals surface area (Å²) in [7, 11) is 0. The molecule has 23 heavy (non-hydrogen) atoms. The lowest BCUT2D eigenvalue weighted by Gasteiger charge is -2.36. The molecule has 2 heterocycles. The monoisotopic (exact) mass is 374 g/mol. The summed E-state index contributed by atoms with van der Waals surface area (Å²) < 4.78 is 12.0. The van der Waals surface area contributed by atoms with Crippen molar-refractivity contribution in [2.45, 2.75) is 6.54 Å². The van der Waals surface area contributed by atoms with Gasteiger partial charge in [0.25, 0.3) is 0 Å². The number of benzene rings is 2. The highest BCUT2D eigenvalue weighted by Gasteiger charge is 2.20. The first-order valence-corrected chi connectivity index (χ1v) is 8.69. The van der Waals surface area contributed by atoms with Crippen molar-refractivity contribution < 1.29 is 9.47 Å². The predicted molar refractivity (Wildman–Crippen MR) is 94.2 cm³/mol. The molecule has 2 aromatic rings. The number of fused-ring (bicyclic) bond motifs is 1. The molecule has 2 aliphatic rings. The average molecular weight is 375 g/mol. The van der Waals surface area contributed by atoms with E-state index in [4.69, 9.17) is 9.47 Å². The smallest absolute Gasteiger partial charge is 0.231 e. The first kappa shape index (κ1) is 14.8. The lowest BCUT2D eigenvalue weighted by molar-refractivity contribution is 0.174. The maximum Gasteiger partial charge on any atom is 0.231 e. The van der Waals surface area contributed by atoms with Crippen LogP contribution in [0.5, 0.6) is 11.5 Å². The third kappa shape index (κ3) is 3.16. The van der Waals surface area contributed by atoms with Crippen LogP contribution in [-0.2, 0) is 6.54 Å². The second kappa shape index (κ2) is 6.42. The zero-order chi connectivity index (χ0) is 15.6. The van der Waals surface area contributed by atoms with Gasteiger partial charge in [-0.1, -0.05) is 34.1 Å². The van der Waals surface area contributed by atoms with E-state index >= 15 is 0 Å². The Bertz CT molecular complexity index is 685. The van der Waals surface area contributed by atoms with Crippen LogP contribution in [0.4, 0.5) is 5.69 Å². The number of hydrogen-bond donors (Lipinski definition) is 0. The topological polar surface area (TPSA) is 24.9 Å². The largest absolute Gasteiger partial charge is 0.454 e. The Morgan fingerprint density at radius 3 is 2.35 bits per heavy atom. The molecule has 0 spiro atoms. The van der Waals surface area contributed by atoms with Gasteiger partial charge in [-0.3, -0.25) is 4.90 Å². The number of hydrogen-bond acceptors (Lipinski definition) is 4. The quantitative estimate of drug-likeness (QED) is 0.820. The van der Waals surface area contributed by atoms with E-state index in [9.17, 15) is 0 Å². The van der Waals surface area contributed by atoms with Crippen LogP contribution < -0.4 is 14.4 Å². The number of rotatable bonds is 3. The molecule has 0 bridgehead atoms. The molecule has 0 radical (unpaired) electrons. The van der Waals surface area contributed by atoms with Gasteiger partial charge in [-0.25, -0.2) is 0 Å². The van der Waals surface area contributed by atoms with Crippen molar-refractivity contribution in [2.24, 2.45) is 0 Å². The molecule has 0 unspecified atom stereocenters. The molecule has 1 fully saturated rings. The van der Waals surface area contributed by atoms with Crippen molar-refractivity contribution in [3.05, 3.63) is 52.5 Å². The van der Waals surface area contributed by atoms with E-state index in [1.54, 1.807) is 0 Å². The molecule has 2 aromatic carbocycles. The first-order valence-electron chi connectivity index (χ1n) is 7.90. The fraction of sp³-hybridized carbons (Fsp3) is 0.333. The summed E-state index contributed by atoms with van der Waals surface area (Å²) in [6.45, 7) is 5.50. The maximum atomic E-state index is 5.49. The van der Waals surface area contributed by atoms with E-state index < -0.39 is 0 Å². The van der Waals surface area contributed by atoms with Gasteiger partial charge in [-0.2, -0.15) is 0 Å². The summed E-state index contributed by atoms with van der Waals surface area (Å²) >= 11 is 3.65. The molecule has 4 nitrogen and oxygen atoms in total. The molecular formula is C18H19BrN2O2. The van der Waals surface area contributed by atoms with Crippen molar-refractivity contribution in [2.75, 3.05) is 37.9 Å². The number of para-hydroxylation sites is 1. The Morgan fingerprint density at radius 1 is 0.913 bits per heavy atom. The van der Waals surface area contributed by atoms with E-state index in [0.29, 0.717) is 6.79 Å². The zero-order valence-electron chi connectivity index (χ0n) is 12.9. The van der Waals surface area contributed by atoms with E-state index in [1.165, 1.54) is 11.3 Å². The Balaban J connectivity index is 1.40. The Hall–Kier alpha value is -1.72. The van der Waals surface area contributed by atoms with E-state index in [2.05, 4.69) is 62.1 Å². The second-order valence-electron chi connectivity index (χ2n) is 5.90. The SMILES string of the molecule is Brc1cc2c(cc1CN1CCN(c3ccccc3)CC1)OCO2. The third-order valence-electron chi connectivity index (χ3n) is 4.43. The summed E-state index contributed by atoms with van der Waals surface area (Å²) in [5, 5.41) is 0. The van der Waals surface area contributed by atoms with Gasteiger partial charge in [-0.05, 0) is 29.8 Å². The third-order valence-corrected chi connectivity index (χ3v) is 5.17. The number of nitrogens with zero attached hydrogens (tertiary/aromatic N) is 2. The minimum absolute atomic E-state index is 0.320. The maximum absolute atomic E-state index is 5.49. The van der Waals surface area contributed by atoms with Gasteiger partial charge in [0.2, 0.25) is 6.79 Å². The van der Waals surface area contributed by atoms with Gasteiger partial charge in [0.15, 0.2) is 11.5 Å². The molecule has 0 saturated carbocycles. The first-order chi connectivity index (χ1) is 11.3. The Morgan fingerprint density at radius 2 is 1.61 bits per heavy atom. The highest BCUT2D eigenvalue weighted by atomic mass is 79.9. The van der Waals surface area contributed by atoms with Crippen molar-refractivity contribution in [1.29, 1.82) is 0 Å². The van der Waals surface area contributed by atoms with Gasteiger partial charge in [0, 0.05) is 42.9 Å². The summed E-state index contributed by atoms with van der Waals surface area (Å²) in [6.07, 6.45) is 0. The molecule has 0 N–H and O–H groups in total. The summed E-state index contributed by atoms with van der Waals surface area (Å²) in [5.41, 5.74) is 2.57. The molecule has 0 amide bonds. The molecular weight excluding hydrogens is 356 g/mol. The van der Waals surface area contributed by atoms with Crippen molar-refractivity contribution >= 4 is 21.6 Å². The average Bonchev–Trinajstić information content (AvgIpc) is 3.04. The number of halogens is 1. The molecule has 4 rings (SSSR count). The van der Waals surface area contributed by atoms with E-state index in [1.807, 2.05) is 6.07 Å². The van der Waals surface area contributed by atoms with Crippen LogP contribution in [0.15, 0.2) is 46.9 Å². The van der Waals surface area contributed by atoms with Crippen LogP contribution in [0, 0.1) is 0 Å². The Labute approximate surface area is 144 Å². The number of anilines is 1. The number of piperazine rings is 1. The van der Waals surface area contributed by atoms with Gasteiger partial charge >= 0.3 is 0 Å². The van der Waals surface area contributed by atoms with Crippen molar-refractivity contribution in [3.8, 4) is 11.5 Å². The van der Waals surface area contributed by atoms with Crippen LogP contribution in [0.1, 0.15) is 5.56 Å². The normalized spacial score (nSPS) is 17.5. The van der Waals surface area contributed by atoms with Gasteiger partial charge in [-0.15, -0.1) is 0 Å². The lowest BCUT2D eigenvalue weighted by Crippen LogP contribution is -2.46. The highest BCUT2D eigenvalue weighted by Crippen LogP contribution is 2.37. The van der Waals surface area contributed by atoms with Crippen LogP contribution in [0.2, 0.25) is 0 Å². The summed E-state index contributed by atoms with van der Waals surface area (Å²) in [5.74, 6) is 1.68. The summed E-state index contributed by atoms with van der Waals surface area (Å²) in [4.78, 5) is 4.94. The molecule has 0 aromatic heterocycles. The fourth-order valence-electron chi connectivity index (χ4n) is 3.12. The zero-order valence-corrected chi connectivity index (χ0v) is 14.5. The van der Waals surface area contributed by atoms with Crippen molar-refractivity contribution in [3.63, 3.8) is 0 Å². The second-order valence-corrected chi connectivity index (χ2v) is 6.75. The van der Waals surface area contributed by atoms with Crippen molar-refractivity contribution in [1.82, 2.24) is 4.90 Å². The minimum Gasteiger partial charge on any atom is -0.454 e. The minimum atomic E-state index is 0.320. The molecule has 2 aliphatic heterocycles. The van der Waals surface area contributed by atoms with Crippen LogP contribution in [-0.4, -0.2) is 37.9 Å². The highest BCUT2D eigenvalue weighted by molar-refractivity contribution is 9.10. The van der Waals surface area contributed by atoms with E-state index in [0.717, 1.165) is 48.7 Å². The molecule has 1 saturated heterocycles. The van der Waals surface area contributed by atoms with E-state index in [-0.39, 0.29) is 0 Å². The van der Waals surface area contributed by atoms with Crippen LogP contribution >= 0.6 is 15.9 Å². The van der Waals surface area contributed by atoms with Gasteiger partial charge in [0.1, 0.15) is 0 Å². The fourth-order valence-corrected chi connectivity index (χ4v) is 3.57. The van der Waals surface area contributed by atoms with Crippen LogP contribution in [0.3, 0.4) is 0 Å². The Kier molecular flexibility index (Phi) is 4.14. The lowest BCUT2D eigenvalue weighted by atomic mass is 10.1. The molecule has 5 heteroatoms.